The summed E-state index contributed by atoms with van der Waals surface area (Å²) in [5, 5.41) is 0. The average molecular weight is 636 g/mol. The van der Waals surface area contributed by atoms with E-state index in [0.29, 0.717) is 45.7 Å². The van der Waals surface area contributed by atoms with Gasteiger partial charge in [-0.3, -0.25) is 0 Å². The SMILES string of the molecule is CCO[Si](CCCSSN(SSCCC[Si](OCC)(OCC)OCC)C1CCCCC1)(OCC)OCC. The molecule has 7 nitrogen and oxygen atoms in total. The van der Waals surface area contributed by atoms with Crippen LogP contribution in [0, 0.1) is 0 Å². The quantitative estimate of drug-likeness (QED) is 0.0423. The molecule has 1 aliphatic carbocycles. The second-order valence-corrected chi connectivity index (χ2v) is 18.9. The van der Waals surface area contributed by atoms with Crippen LogP contribution in [0.25, 0.3) is 0 Å². The van der Waals surface area contributed by atoms with Gasteiger partial charge in [0.1, 0.15) is 0 Å². The maximum Gasteiger partial charge on any atom is 0.500 e. The van der Waals surface area contributed by atoms with Crippen LogP contribution < -0.4 is 0 Å². The van der Waals surface area contributed by atoms with E-state index in [0.717, 1.165) is 36.4 Å². The van der Waals surface area contributed by atoms with Crippen molar-refractivity contribution in [1.82, 2.24) is 3.71 Å². The zero-order chi connectivity index (χ0) is 27.2. The lowest BCUT2D eigenvalue weighted by Crippen LogP contribution is -2.46. The van der Waals surface area contributed by atoms with Crippen molar-refractivity contribution in [2.75, 3.05) is 51.1 Å². The van der Waals surface area contributed by atoms with Crippen molar-refractivity contribution in [2.24, 2.45) is 0 Å². The molecule has 0 saturated heterocycles. The molecule has 0 aliphatic heterocycles. The van der Waals surface area contributed by atoms with Crippen molar-refractivity contribution in [3.05, 3.63) is 0 Å². The first-order chi connectivity index (χ1) is 18.0. The third-order valence-corrected chi connectivity index (χ3v) is 17.7. The molecule has 1 fully saturated rings. The molecule has 0 atom stereocenters. The monoisotopic (exact) mass is 635 g/mol. The lowest BCUT2D eigenvalue weighted by atomic mass is 9.96. The van der Waals surface area contributed by atoms with Gasteiger partial charge >= 0.3 is 17.6 Å². The first kappa shape index (κ1) is 36.6. The third kappa shape index (κ3) is 15.4. The third-order valence-electron chi connectivity index (χ3n) is 5.73. The Kier molecular flexibility index (Phi) is 22.9. The fourth-order valence-corrected chi connectivity index (χ4v) is 15.9. The van der Waals surface area contributed by atoms with Gasteiger partial charge < -0.3 is 26.6 Å². The zero-order valence-electron chi connectivity index (χ0n) is 24.1. The highest BCUT2D eigenvalue weighted by molar-refractivity contribution is 8.83. The fourth-order valence-electron chi connectivity index (χ4n) is 4.30. The molecule has 0 amide bonds. The Labute approximate surface area is 246 Å². The Bertz CT molecular complexity index is 471. The standard InChI is InChI=1S/C24H53NO6S4Si2/c1-7-26-36(27-8-2,28-9-3)22-16-20-32-34-25(24-18-14-13-15-19-24)35-33-21-17-23-37(29-10-4,30-11-5)31-12-6/h24H,7-23H2,1-6H3. The van der Waals surface area contributed by atoms with Crippen molar-refractivity contribution in [3.63, 3.8) is 0 Å². The summed E-state index contributed by atoms with van der Waals surface area (Å²) in [6, 6.07) is 2.41. The van der Waals surface area contributed by atoms with Gasteiger partial charge in [0, 0.05) is 91.2 Å². The summed E-state index contributed by atoms with van der Waals surface area (Å²) in [5.41, 5.74) is 0. The van der Waals surface area contributed by atoms with E-state index < -0.39 is 17.6 Å². The van der Waals surface area contributed by atoms with E-state index in [1.54, 1.807) is 0 Å². The van der Waals surface area contributed by atoms with E-state index in [1.165, 1.54) is 32.1 Å². The molecule has 0 aromatic heterocycles. The van der Waals surface area contributed by atoms with Crippen LogP contribution in [0.1, 0.15) is 86.5 Å². The summed E-state index contributed by atoms with van der Waals surface area (Å²) in [6.07, 6.45) is 8.73. The smallest absolute Gasteiger partial charge is 0.374 e. The second kappa shape index (κ2) is 23.2. The summed E-state index contributed by atoms with van der Waals surface area (Å²) < 4.78 is 38.7. The van der Waals surface area contributed by atoms with Crippen LogP contribution in [0.15, 0.2) is 0 Å². The lowest BCUT2D eigenvalue weighted by molar-refractivity contribution is 0.0704. The summed E-state index contributed by atoms with van der Waals surface area (Å²) in [4.78, 5) is 0. The van der Waals surface area contributed by atoms with Crippen molar-refractivity contribution < 1.29 is 26.6 Å². The Hall–Kier alpha value is 1.55. The molecule has 0 radical (unpaired) electrons. The maximum absolute atomic E-state index is 6.02. The summed E-state index contributed by atoms with van der Waals surface area (Å²) in [7, 11) is 2.67. The zero-order valence-corrected chi connectivity index (χ0v) is 29.4. The molecule has 0 unspecified atom stereocenters. The van der Waals surface area contributed by atoms with E-state index in [9.17, 15) is 0 Å². The van der Waals surface area contributed by atoms with Crippen molar-refractivity contribution >= 4 is 61.2 Å². The number of hydrogen-bond donors (Lipinski definition) is 0. The Morgan fingerprint density at radius 1 is 0.568 bits per heavy atom. The minimum absolute atomic E-state index is 0.640. The van der Waals surface area contributed by atoms with Crippen LogP contribution in [-0.2, 0) is 26.6 Å². The number of nitrogens with zero attached hydrogens (tertiary/aromatic N) is 1. The molecule has 0 aromatic carbocycles. The molecule has 0 N–H and O–H groups in total. The van der Waals surface area contributed by atoms with E-state index in [1.807, 2.05) is 85.1 Å². The van der Waals surface area contributed by atoms with Gasteiger partial charge in [-0.1, -0.05) is 40.9 Å². The minimum atomic E-state index is -2.54. The largest absolute Gasteiger partial charge is 0.500 e. The molecular formula is C24H53NO6S4Si2. The van der Waals surface area contributed by atoms with Crippen LogP contribution in [0.4, 0.5) is 0 Å². The fraction of sp³-hybridized carbons (Fsp3) is 1.00. The highest BCUT2D eigenvalue weighted by Gasteiger charge is 2.40. The molecule has 13 heteroatoms. The van der Waals surface area contributed by atoms with Gasteiger partial charge in [0.15, 0.2) is 0 Å². The topological polar surface area (TPSA) is 58.6 Å². The molecule has 0 bridgehead atoms. The molecular weight excluding hydrogens is 583 g/mol. The van der Waals surface area contributed by atoms with Crippen LogP contribution >= 0.6 is 43.5 Å². The number of hydrogen-bond acceptors (Lipinski definition) is 11. The average Bonchev–Trinajstić information content (AvgIpc) is 2.88. The van der Waals surface area contributed by atoms with Crippen LogP contribution in [0.5, 0.6) is 0 Å². The van der Waals surface area contributed by atoms with E-state index in [-0.39, 0.29) is 0 Å². The van der Waals surface area contributed by atoms with Crippen molar-refractivity contribution in [1.29, 1.82) is 0 Å². The first-order valence-corrected chi connectivity index (χ1v) is 22.7. The maximum atomic E-state index is 6.02. The molecule has 1 aliphatic rings. The van der Waals surface area contributed by atoms with Gasteiger partial charge in [0.2, 0.25) is 0 Å². The minimum Gasteiger partial charge on any atom is -0.374 e. The Morgan fingerprint density at radius 3 is 1.24 bits per heavy atom. The van der Waals surface area contributed by atoms with Crippen LogP contribution in [0.2, 0.25) is 12.1 Å². The Morgan fingerprint density at radius 2 is 0.919 bits per heavy atom. The predicted octanol–water partition coefficient (Wildman–Crippen LogP) is 8.09. The number of rotatable bonds is 25. The lowest BCUT2D eigenvalue weighted by Gasteiger charge is -2.31. The van der Waals surface area contributed by atoms with Crippen LogP contribution in [0.3, 0.4) is 0 Å². The van der Waals surface area contributed by atoms with Gasteiger partial charge in [-0.05, 0) is 67.2 Å². The normalized spacial score (nSPS) is 15.6. The molecule has 222 valence electrons. The molecule has 1 saturated carbocycles. The molecule has 0 spiro atoms. The van der Waals surface area contributed by atoms with E-state index in [2.05, 4.69) is 3.71 Å². The van der Waals surface area contributed by atoms with Crippen molar-refractivity contribution in [3.8, 4) is 0 Å². The van der Waals surface area contributed by atoms with E-state index in [4.69, 9.17) is 26.6 Å². The van der Waals surface area contributed by atoms with E-state index >= 15 is 0 Å². The molecule has 0 heterocycles. The van der Waals surface area contributed by atoms with Gasteiger partial charge in [0.05, 0.1) is 0 Å². The molecule has 0 aromatic rings. The highest BCUT2D eigenvalue weighted by Crippen LogP contribution is 2.44. The second-order valence-electron chi connectivity index (χ2n) is 8.54. The summed E-state index contributed by atoms with van der Waals surface area (Å²) in [5.74, 6) is 2.12. The highest BCUT2D eigenvalue weighted by atomic mass is 33.1. The Balaban J connectivity index is 2.51. The van der Waals surface area contributed by atoms with Crippen LogP contribution in [-0.4, -0.2) is 78.5 Å². The van der Waals surface area contributed by atoms with Gasteiger partial charge in [-0.2, -0.15) is 3.71 Å². The van der Waals surface area contributed by atoms with Gasteiger partial charge in [-0.15, -0.1) is 0 Å². The molecule has 37 heavy (non-hydrogen) atoms. The molecule has 1 rings (SSSR count). The predicted molar refractivity (Wildman–Crippen MR) is 169 cm³/mol. The first-order valence-electron chi connectivity index (χ1n) is 14.3. The van der Waals surface area contributed by atoms with Crippen molar-refractivity contribution in [2.45, 2.75) is 105 Å². The summed E-state index contributed by atoms with van der Waals surface area (Å²) >= 11 is 0. The van der Waals surface area contributed by atoms with Gasteiger partial charge in [0.25, 0.3) is 0 Å². The van der Waals surface area contributed by atoms with Gasteiger partial charge in [-0.25, -0.2) is 0 Å². The summed E-state index contributed by atoms with van der Waals surface area (Å²) in [6.45, 7) is 16.0.